The van der Waals surface area contributed by atoms with Crippen LogP contribution in [0.4, 0.5) is 0 Å². The Morgan fingerprint density at radius 2 is 1.21 bits per heavy atom. The molecule has 0 saturated heterocycles. The van der Waals surface area contributed by atoms with Gasteiger partial charge in [0.1, 0.15) is 0 Å². The lowest BCUT2D eigenvalue weighted by atomic mass is 10.2. The van der Waals surface area contributed by atoms with E-state index in [0.29, 0.717) is 10.5 Å². The van der Waals surface area contributed by atoms with Crippen LogP contribution in [0, 0.1) is 0 Å². The second kappa shape index (κ2) is 8.46. The van der Waals surface area contributed by atoms with Gasteiger partial charge in [-0.1, -0.05) is 40.5 Å². The van der Waals surface area contributed by atoms with Crippen LogP contribution >= 0.6 is 0 Å². The summed E-state index contributed by atoms with van der Waals surface area (Å²) in [6.07, 6.45) is 6.72. The van der Waals surface area contributed by atoms with Crippen LogP contribution in [-0.4, -0.2) is 14.7 Å². The molecule has 0 N–H and O–H groups in total. The molecular formula is C12H26OS. The third-order valence-corrected chi connectivity index (χ3v) is 5.24. The smallest absolute Gasteiger partial charge is 0.0348 e. The first kappa shape index (κ1) is 14.2. The Labute approximate surface area is 92.1 Å². The quantitative estimate of drug-likeness (QED) is 0.604. The molecule has 86 valence electrons. The van der Waals surface area contributed by atoms with Gasteiger partial charge in [0.05, 0.1) is 0 Å². The van der Waals surface area contributed by atoms with E-state index in [1.807, 2.05) is 0 Å². The van der Waals surface area contributed by atoms with Crippen LogP contribution in [0.1, 0.15) is 66.2 Å². The van der Waals surface area contributed by atoms with E-state index in [1.165, 1.54) is 0 Å². The summed E-state index contributed by atoms with van der Waals surface area (Å²) in [5.41, 5.74) is 0. The molecule has 2 unspecified atom stereocenters. The van der Waals surface area contributed by atoms with E-state index in [-0.39, 0.29) is 0 Å². The average Bonchev–Trinajstić information content (AvgIpc) is 2.21. The summed E-state index contributed by atoms with van der Waals surface area (Å²) in [7, 11) is -0.595. The van der Waals surface area contributed by atoms with Gasteiger partial charge in [0, 0.05) is 21.3 Å². The van der Waals surface area contributed by atoms with E-state index in [9.17, 15) is 4.21 Å². The van der Waals surface area contributed by atoms with Gasteiger partial charge in [0.2, 0.25) is 0 Å². The van der Waals surface area contributed by atoms with Crippen LogP contribution in [0.2, 0.25) is 0 Å². The Bertz CT molecular complexity index is 140. The zero-order valence-corrected chi connectivity index (χ0v) is 11.0. The maximum Gasteiger partial charge on any atom is 0.0348 e. The molecule has 0 amide bonds. The Morgan fingerprint density at radius 1 is 0.857 bits per heavy atom. The predicted octanol–water partition coefficient (Wildman–Crippen LogP) is 3.89. The fraction of sp³-hybridized carbons (Fsp3) is 1.00. The summed E-state index contributed by atoms with van der Waals surface area (Å²) >= 11 is 0. The molecule has 14 heavy (non-hydrogen) atoms. The summed E-state index contributed by atoms with van der Waals surface area (Å²) in [6.45, 7) is 8.69. The second-order valence-electron chi connectivity index (χ2n) is 3.97. The van der Waals surface area contributed by atoms with Crippen LogP contribution < -0.4 is 0 Å². The molecule has 0 spiro atoms. The van der Waals surface area contributed by atoms with E-state index in [4.69, 9.17) is 0 Å². The third kappa shape index (κ3) is 4.59. The lowest BCUT2D eigenvalue weighted by molar-refractivity contribution is 0.610. The molecule has 0 heterocycles. The van der Waals surface area contributed by atoms with Gasteiger partial charge in [0.25, 0.3) is 0 Å². The number of rotatable bonds is 8. The van der Waals surface area contributed by atoms with Crippen LogP contribution in [0.25, 0.3) is 0 Å². The number of hydrogen-bond donors (Lipinski definition) is 0. The lowest BCUT2D eigenvalue weighted by Crippen LogP contribution is -2.25. The summed E-state index contributed by atoms with van der Waals surface area (Å²) < 4.78 is 12.2. The fourth-order valence-electron chi connectivity index (χ4n) is 1.89. The minimum Gasteiger partial charge on any atom is -0.259 e. The van der Waals surface area contributed by atoms with Crippen molar-refractivity contribution in [2.75, 3.05) is 0 Å². The van der Waals surface area contributed by atoms with Crippen molar-refractivity contribution in [3.63, 3.8) is 0 Å². The van der Waals surface area contributed by atoms with Crippen molar-refractivity contribution in [3.05, 3.63) is 0 Å². The molecule has 2 heteroatoms. The highest BCUT2D eigenvalue weighted by atomic mass is 32.2. The Balaban J connectivity index is 4.21. The van der Waals surface area contributed by atoms with E-state index in [0.717, 1.165) is 38.5 Å². The molecule has 0 aliphatic heterocycles. The molecule has 0 radical (unpaired) electrons. The van der Waals surface area contributed by atoms with Gasteiger partial charge in [0.15, 0.2) is 0 Å². The molecule has 0 aliphatic carbocycles. The van der Waals surface area contributed by atoms with E-state index in [1.54, 1.807) is 0 Å². The molecule has 0 aliphatic rings. The van der Waals surface area contributed by atoms with E-state index >= 15 is 0 Å². The lowest BCUT2D eigenvalue weighted by Gasteiger charge is -2.20. The third-order valence-electron chi connectivity index (χ3n) is 2.79. The maximum atomic E-state index is 12.2. The molecule has 0 saturated carbocycles. The first-order valence-corrected chi connectivity index (χ1v) is 7.38. The molecule has 2 atom stereocenters. The SMILES string of the molecule is CCCC(CC)S(=O)C(CC)CCC. The van der Waals surface area contributed by atoms with Gasteiger partial charge >= 0.3 is 0 Å². The van der Waals surface area contributed by atoms with Crippen molar-refractivity contribution < 1.29 is 4.21 Å². The van der Waals surface area contributed by atoms with Crippen molar-refractivity contribution in [1.82, 2.24) is 0 Å². The highest BCUT2D eigenvalue weighted by molar-refractivity contribution is 7.86. The van der Waals surface area contributed by atoms with E-state index < -0.39 is 10.8 Å². The highest BCUT2D eigenvalue weighted by Gasteiger charge is 2.21. The maximum absolute atomic E-state index is 12.2. The first-order valence-electron chi connectivity index (χ1n) is 6.10. The molecule has 0 rings (SSSR count). The molecular weight excluding hydrogens is 192 g/mol. The van der Waals surface area contributed by atoms with Crippen molar-refractivity contribution in [1.29, 1.82) is 0 Å². The minimum absolute atomic E-state index is 0.441. The van der Waals surface area contributed by atoms with Crippen molar-refractivity contribution >= 4 is 10.8 Å². The van der Waals surface area contributed by atoms with Crippen molar-refractivity contribution in [3.8, 4) is 0 Å². The van der Waals surface area contributed by atoms with Crippen LogP contribution in [-0.2, 0) is 10.8 Å². The highest BCUT2D eigenvalue weighted by Crippen LogP contribution is 2.18. The van der Waals surface area contributed by atoms with Crippen molar-refractivity contribution in [2.24, 2.45) is 0 Å². The summed E-state index contributed by atoms with van der Waals surface area (Å²) in [5, 5.41) is 0.882. The standard InChI is InChI=1S/C12H26OS/c1-5-9-11(7-3)14(13)12(8-4)10-6-2/h11-12H,5-10H2,1-4H3. The van der Waals surface area contributed by atoms with Crippen LogP contribution in [0.15, 0.2) is 0 Å². The van der Waals surface area contributed by atoms with Crippen LogP contribution in [0.3, 0.4) is 0 Å². The molecule has 0 aromatic heterocycles. The second-order valence-corrected chi connectivity index (χ2v) is 5.96. The zero-order valence-electron chi connectivity index (χ0n) is 10.2. The zero-order chi connectivity index (χ0) is 11.0. The van der Waals surface area contributed by atoms with Gasteiger partial charge in [-0.15, -0.1) is 0 Å². The van der Waals surface area contributed by atoms with Gasteiger partial charge < -0.3 is 0 Å². The normalized spacial score (nSPS) is 17.7. The number of hydrogen-bond acceptors (Lipinski definition) is 1. The first-order chi connectivity index (χ1) is 6.71. The Morgan fingerprint density at radius 3 is 1.43 bits per heavy atom. The average molecular weight is 218 g/mol. The van der Waals surface area contributed by atoms with E-state index in [2.05, 4.69) is 27.7 Å². The molecule has 0 aromatic rings. The molecule has 1 nitrogen and oxygen atoms in total. The Hall–Kier alpha value is 0.150. The fourth-order valence-corrected chi connectivity index (χ4v) is 4.02. The van der Waals surface area contributed by atoms with Gasteiger partial charge in [-0.25, -0.2) is 0 Å². The predicted molar refractivity (Wildman–Crippen MR) is 66.1 cm³/mol. The van der Waals surface area contributed by atoms with Crippen LogP contribution in [0.5, 0.6) is 0 Å². The summed E-state index contributed by atoms with van der Waals surface area (Å²) in [4.78, 5) is 0. The van der Waals surface area contributed by atoms with Gasteiger partial charge in [-0.2, -0.15) is 0 Å². The minimum atomic E-state index is -0.595. The van der Waals surface area contributed by atoms with Crippen molar-refractivity contribution in [2.45, 2.75) is 76.7 Å². The summed E-state index contributed by atoms with van der Waals surface area (Å²) in [5.74, 6) is 0. The van der Waals surface area contributed by atoms with Gasteiger partial charge in [-0.3, -0.25) is 4.21 Å². The van der Waals surface area contributed by atoms with Gasteiger partial charge in [-0.05, 0) is 25.7 Å². The summed E-state index contributed by atoms with van der Waals surface area (Å²) in [6, 6.07) is 0. The largest absolute Gasteiger partial charge is 0.259 e. The molecule has 0 bridgehead atoms. The topological polar surface area (TPSA) is 17.1 Å². The monoisotopic (exact) mass is 218 g/mol. The molecule has 0 fully saturated rings. The molecule has 0 aromatic carbocycles. The Kier molecular flexibility index (Phi) is 8.55.